The molecule has 0 spiro atoms. The molecule has 3 nitrogen and oxygen atoms in total. The summed E-state index contributed by atoms with van der Waals surface area (Å²) in [4.78, 5) is 2.16. The molecule has 0 aliphatic heterocycles. The molecule has 1 unspecified atom stereocenters. The van der Waals surface area contributed by atoms with Gasteiger partial charge in [0.05, 0.1) is 17.0 Å². The maximum Gasteiger partial charge on any atom is 0.105 e. The van der Waals surface area contributed by atoms with Crippen LogP contribution in [0.4, 0.5) is 5.69 Å². The first-order valence-electron chi connectivity index (χ1n) is 7.30. The molecular formula is C17H23ClN2O. The molecule has 0 amide bonds. The SMILES string of the molecule is CCC(N)Cc1cccc(Cl)c1N(C)Cc1ccoc1C. The van der Waals surface area contributed by atoms with Gasteiger partial charge in [-0.25, -0.2) is 0 Å². The highest BCUT2D eigenvalue weighted by Gasteiger charge is 2.15. The number of furan rings is 1. The van der Waals surface area contributed by atoms with Crippen LogP contribution in [0.2, 0.25) is 5.02 Å². The quantitative estimate of drug-likeness (QED) is 0.871. The summed E-state index contributed by atoms with van der Waals surface area (Å²) in [6, 6.07) is 8.18. The first-order valence-corrected chi connectivity index (χ1v) is 7.67. The summed E-state index contributed by atoms with van der Waals surface area (Å²) in [5.41, 5.74) is 9.53. The third kappa shape index (κ3) is 3.80. The van der Waals surface area contributed by atoms with E-state index in [9.17, 15) is 0 Å². The van der Waals surface area contributed by atoms with E-state index in [2.05, 4.69) is 24.9 Å². The lowest BCUT2D eigenvalue weighted by Gasteiger charge is -2.24. The van der Waals surface area contributed by atoms with Crippen molar-refractivity contribution in [2.45, 2.75) is 39.3 Å². The van der Waals surface area contributed by atoms with Crippen LogP contribution in [0.5, 0.6) is 0 Å². The largest absolute Gasteiger partial charge is 0.469 e. The highest BCUT2D eigenvalue weighted by atomic mass is 35.5. The molecule has 0 saturated heterocycles. The molecule has 0 fully saturated rings. The van der Waals surface area contributed by atoms with Gasteiger partial charge in [-0.15, -0.1) is 0 Å². The van der Waals surface area contributed by atoms with E-state index in [0.717, 1.165) is 35.9 Å². The molecule has 0 saturated carbocycles. The van der Waals surface area contributed by atoms with E-state index in [-0.39, 0.29) is 6.04 Å². The standard InChI is InChI=1S/C17H23ClN2O/c1-4-15(19)10-13-6-5-7-16(18)17(13)20(3)11-14-8-9-21-12(14)2/h5-9,15H,4,10-11,19H2,1-3H3. The molecule has 0 aliphatic rings. The number of nitrogens with zero attached hydrogens (tertiary/aromatic N) is 1. The molecule has 4 heteroatoms. The zero-order valence-electron chi connectivity index (χ0n) is 12.9. The van der Waals surface area contributed by atoms with E-state index in [1.165, 1.54) is 11.1 Å². The van der Waals surface area contributed by atoms with E-state index < -0.39 is 0 Å². The predicted molar refractivity (Wildman–Crippen MR) is 89.0 cm³/mol. The Bertz CT molecular complexity index is 594. The van der Waals surface area contributed by atoms with Crippen molar-refractivity contribution in [2.75, 3.05) is 11.9 Å². The monoisotopic (exact) mass is 306 g/mol. The number of halogens is 1. The van der Waals surface area contributed by atoms with Crippen LogP contribution in [0.25, 0.3) is 0 Å². The molecular weight excluding hydrogens is 284 g/mol. The zero-order chi connectivity index (χ0) is 15.4. The van der Waals surface area contributed by atoms with Gasteiger partial charge in [-0.05, 0) is 37.5 Å². The topological polar surface area (TPSA) is 42.4 Å². The third-order valence-electron chi connectivity index (χ3n) is 3.83. The van der Waals surface area contributed by atoms with Crippen LogP contribution >= 0.6 is 11.6 Å². The fraction of sp³-hybridized carbons (Fsp3) is 0.412. The van der Waals surface area contributed by atoms with Crippen LogP contribution in [0, 0.1) is 6.92 Å². The second kappa shape index (κ2) is 7.01. The Morgan fingerprint density at radius 1 is 1.29 bits per heavy atom. The minimum Gasteiger partial charge on any atom is -0.469 e. The van der Waals surface area contributed by atoms with Crippen molar-refractivity contribution in [3.05, 3.63) is 52.4 Å². The van der Waals surface area contributed by atoms with Crippen LogP contribution in [-0.4, -0.2) is 13.1 Å². The molecule has 2 rings (SSSR count). The van der Waals surface area contributed by atoms with E-state index >= 15 is 0 Å². The number of hydrogen-bond donors (Lipinski definition) is 1. The summed E-state index contributed by atoms with van der Waals surface area (Å²) >= 11 is 6.42. The maximum atomic E-state index is 6.42. The Kier molecular flexibility index (Phi) is 5.32. The summed E-state index contributed by atoms with van der Waals surface area (Å²) in [7, 11) is 2.05. The number of rotatable bonds is 6. The summed E-state index contributed by atoms with van der Waals surface area (Å²) in [6.45, 7) is 4.84. The Labute approximate surface area is 131 Å². The molecule has 1 aromatic carbocycles. The van der Waals surface area contributed by atoms with Gasteiger partial charge in [-0.1, -0.05) is 30.7 Å². The van der Waals surface area contributed by atoms with Gasteiger partial charge in [0.25, 0.3) is 0 Å². The number of para-hydroxylation sites is 1. The van der Waals surface area contributed by atoms with Gasteiger partial charge in [-0.3, -0.25) is 0 Å². The maximum absolute atomic E-state index is 6.42. The van der Waals surface area contributed by atoms with Gasteiger partial charge in [0.15, 0.2) is 0 Å². The van der Waals surface area contributed by atoms with Gasteiger partial charge in [0.2, 0.25) is 0 Å². The zero-order valence-corrected chi connectivity index (χ0v) is 13.7. The van der Waals surface area contributed by atoms with Crippen LogP contribution < -0.4 is 10.6 Å². The minimum absolute atomic E-state index is 0.159. The van der Waals surface area contributed by atoms with Crippen molar-refractivity contribution in [1.82, 2.24) is 0 Å². The van der Waals surface area contributed by atoms with Crippen molar-refractivity contribution in [3.63, 3.8) is 0 Å². The van der Waals surface area contributed by atoms with E-state index in [1.54, 1.807) is 6.26 Å². The number of anilines is 1. The lowest BCUT2D eigenvalue weighted by Crippen LogP contribution is -2.24. The van der Waals surface area contributed by atoms with E-state index in [1.807, 2.05) is 25.1 Å². The Morgan fingerprint density at radius 3 is 2.67 bits per heavy atom. The first-order chi connectivity index (χ1) is 10.0. The molecule has 1 aromatic heterocycles. The summed E-state index contributed by atoms with van der Waals surface area (Å²) in [6.07, 6.45) is 3.51. The molecule has 0 aliphatic carbocycles. The minimum atomic E-state index is 0.159. The fourth-order valence-corrected chi connectivity index (χ4v) is 2.83. The summed E-state index contributed by atoms with van der Waals surface area (Å²) in [5.74, 6) is 0.945. The second-order valence-electron chi connectivity index (χ2n) is 5.48. The van der Waals surface area contributed by atoms with Gasteiger partial charge in [-0.2, -0.15) is 0 Å². The van der Waals surface area contributed by atoms with Crippen molar-refractivity contribution in [1.29, 1.82) is 0 Å². The lowest BCUT2D eigenvalue weighted by molar-refractivity contribution is 0.529. The van der Waals surface area contributed by atoms with Crippen LogP contribution in [-0.2, 0) is 13.0 Å². The van der Waals surface area contributed by atoms with E-state index in [0.29, 0.717) is 0 Å². The fourth-order valence-electron chi connectivity index (χ4n) is 2.49. The third-order valence-corrected chi connectivity index (χ3v) is 4.14. The molecule has 2 N–H and O–H groups in total. The van der Waals surface area contributed by atoms with Crippen LogP contribution in [0.1, 0.15) is 30.2 Å². The molecule has 1 heterocycles. The Morgan fingerprint density at radius 2 is 2.05 bits per heavy atom. The molecule has 2 aromatic rings. The van der Waals surface area contributed by atoms with E-state index in [4.69, 9.17) is 21.8 Å². The Hall–Kier alpha value is -1.45. The Balaban J connectivity index is 2.26. The molecule has 21 heavy (non-hydrogen) atoms. The lowest BCUT2D eigenvalue weighted by atomic mass is 10.0. The smallest absolute Gasteiger partial charge is 0.105 e. The van der Waals surface area contributed by atoms with Crippen LogP contribution in [0.3, 0.4) is 0 Å². The molecule has 0 bridgehead atoms. The number of aryl methyl sites for hydroxylation is 1. The highest BCUT2D eigenvalue weighted by Crippen LogP contribution is 2.31. The first kappa shape index (κ1) is 15.9. The average molecular weight is 307 g/mol. The number of nitrogens with two attached hydrogens (primary N) is 1. The normalized spacial score (nSPS) is 12.4. The molecule has 114 valence electrons. The second-order valence-corrected chi connectivity index (χ2v) is 5.89. The number of benzene rings is 1. The molecule has 1 atom stereocenters. The van der Waals surface area contributed by atoms with Gasteiger partial charge in [0.1, 0.15) is 5.76 Å². The van der Waals surface area contributed by atoms with Crippen molar-refractivity contribution in [3.8, 4) is 0 Å². The number of hydrogen-bond acceptors (Lipinski definition) is 3. The van der Waals surface area contributed by atoms with Gasteiger partial charge in [0, 0.05) is 25.2 Å². The van der Waals surface area contributed by atoms with Crippen molar-refractivity contribution in [2.24, 2.45) is 5.73 Å². The van der Waals surface area contributed by atoms with Crippen LogP contribution in [0.15, 0.2) is 34.9 Å². The van der Waals surface area contributed by atoms with Crippen molar-refractivity contribution >= 4 is 17.3 Å². The van der Waals surface area contributed by atoms with Gasteiger partial charge < -0.3 is 15.1 Å². The van der Waals surface area contributed by atoms with Crippen molar-refractivity contribution < 1.29 is 4.42 Å². The van der Waals surface area contributed by atoms with Gasteiger partial charge >= 0.3 is 0 Å². The highest BCUT2D eigenvalue weighted by molar-refractivity contribution is 6.33. The summed E-state index contributed by atoms with van der Waals surface area (Å²) < 4.78 is 5.36. The predicted octanol–water partition coefficient (Wildman–Crippen LogP) is 4.16. The average Bonchev–Trinajstić information content (AvgIpc) is 2.84. The summed E-state index contributed by atoms with van der Waals surface area (Å²) in [5, 5.41) is 0.763. The molecule has 0 radical (unpaired) electrons.